The predicted octanol–water partition coefficient (Wildman–Crippen LogP) is 2.03. The molecule has 0 atom stereocenters. The van der Waals surface area contributed by atoms with Crippen LogP contribution in [0.4, 0.5) is 0 Å². The predicted molar refractivity (Wildman–Crippen MR) is 63.6 cm³/mol. The number of benzene rings is 1. The maximum Gasteiger partial charge on any atom is 0.118 e. The standard InChI is InChI=1S/C13H16N2O/c14-8-12-6-7-13(16-12)10-15-9-11-4-2-1-3-5-11/h1-7,15H,8-10,14H2. The van der Waals surface area contributed by atoms with Crippen LogP contribution < -0.4 is 11.1 Å². The smallest absolute Gasteiger partial charge is 0.118 e. The first kappa shape index (κ1) is 10.9. The van der Waals surface area contributed by atoms with E-state index in [0.29, 0.717) is 6.54 Å². The van der Waals surface area contributed by atoms with Gasteiger partial charge in [0.2, 0.25) is 0 Å². The molecule has 0 amide bonds. The fraction of sp³-hybridized carbons (Fsp3) is 0.231. The minimum absolute atomic E-state index is 0.457. The Morgan fingerprint density at radius 2 is 1.69 bits per heavy atom. The Morgan fingerprint density at radius 1 is 0.938 bits per heavy atom. The lowest BCUT2D eigenvalue weighted by atomic mass is 10.2. The molecular formula is C13H16N2O. The van der Waals surface area contributed by atoms with Gasteiger partial charge in [-0.15, -0.1) is 0 Å². The zero-order valence-electron chi connectivity index (χ0n) is 9.15. The molecule has 0 saturated carbocycles. The van der Waals surface area contributed by atoms with Gasteiger partial charge in [0.25, 0.3) is 0 Å². The van der Waals surface area contributed by atoms with E-state index in [0.717, 1.165) is 24.6 Å². The van der Waals surface area contributed by atoms with Gasteiger partial charge in [-0.25, -0.2) is 0 Å². The Balaban J connectivity index is 1.80. The lowest BCUT2D eigenvalue weighted by Gasteiger charge is -2.02. The van der Waals surface area contributed by atoms with Crippen molar-refractivity contribution in [3.05, 3.63) is 59.5 Å². The number of nitrogens with two attached hydrogens (primary N) is 1. The van der Waals surface area contributed by atoms with E-state index in [9.17, 15) is 0 Å². The summed E-state index contributed by atoms with van der Waals surface area (Å²) in [6, 6.07) is 14.2. The number of furan rings is 1. The summed E-state index contributed by atoms with van der Waals surface area (Å²) in [6.07, 6.45) is 0. The largest absolute Gasteiger partial charge is 0.463 e. The maximum absolute atomic E-state index is 5.48. The molecule has 0 radical (unpaired) electrons. The molecule has 0 spiro atoms. The molecule has 0 unspecified atom stereocenters. The average molecular weight is 216 g/mol. The zero-order valence-corrected chi connectivity index (χ0v) is 9.15. The van der Waals surface area contributed by atoms with Crippen LogP contribution in [0.5, 0.6) is 0 Å². The van der Waals surface area contributed by atoms with Crippen LogP contribution in [0.1, 0.15) is 17.1 Å². The number of hydrogen-bond donors (Lipinski definition) is 2. The molecule has 2 rings (SSSR count). The second-order valence-electron chi connectivity index (χ2n) is 3.66. The quantitative estimate of drug-likeness (QED) is 0.804. The first-order valence-electron chi connectivity index (χ1n) is 5.41. The van der Waals surface area contributed by atoms with E-state index < -0.39 is 0 Å². The molecule has 3 N–H and O–H groups in total. The second kappa shape index (κ2) is 5.49. The first-order valence-corrected chi connectivity index (χ1v) is 5.41. The van der Waals surface area contributed by atoms with Crippen LogP contribution in [0.2, 0.25) is 0 Å². The summed E-state index contributed by atoms with van der Waals surface area (Å²) in [4.78, 5) is 0. The Bertz CT molecular complexity index is 423. The van der Waals surface area contributed by atoms with Crippen LogP contribution in [0.25, 0.3) is 0 Å². The van der Waals surface area contributed by atoms with E-state index in [1.54, 1.807) is 0 Å². The molecule has 0 aliphatic rings. The molecule has 0 bridgehead atoms. The van der Waals surface area contributed by atoms with Gasteiger partial charge >= 0.3 is 0 Å². The van der Waals surface area contributed by atoms with Crippen molar-refractivity contribution in [3.63, 3.8) is 0 Å². The van der Waals surface area contributed by atoms with Gasteiger partial charge in [-0.3, -0.25) is 0 Å². The van der Waals surface area contributed by atoms with E-state index >= 15 is 0 Å². The summed E-state index contributed by atoms with van der Waals surface area (Å²) >= 11 is 0. The van der Waals surface area contributed by atoms with Crippen molar-refractivity contribution in [3.8, 4) is 0 Å². The minimum Gasteiger partial charge on any atom is -0.463 e. The fourth-order valence-electron chi connectivity index (χ4n) is 1.55. The van der Waals surface area contributed by atoms with Crippen LogP contribution in [-0.4, -0.2) is 0 Å². The molecule has 16 heavy (non-hydrogen) atoms. The average Bonchev–Trinajstić information content (AvgIpc) is 2.78. The highest BCUT2D eigenvalue weighted by atomic mass is 16.3. The van der Waals surface area contributed by atoms with E-state index in [1.807, 2.05) is 30.3 Å². The third-order valence-corrected chi connectivity index (χ3v) is 2.39. The van der Waals surface area contributed by atoms with Crippen molar-refractivity contribution >= 4 is 0 Å². The van der Waals surface area contributed by atoms with Crippen molar-refractivity contribution in [2.45, 2.75) is 19.6 Å². The molecule has 3 nitrogen and oxygen atoms in total. The fourth-order valence-corrected chi connectivity index (χ4v) is 1.55. The lowest BCUT2D eigenvalue weighted by Crippen LogP contribution is -2.11. The molecule has 0 aliphatic heterocycles. The highest BCUT2D eigenvalue weighted by Gasteiger charge is 1.99. The molecule has 84 valence electrons. The van der Waals surface area contributed by atoms with Crippen LogP contribution in [0.15, 0.2) is 46.9 Å². The molecule has 3 heteroatoms. The van der Waals surface area contributed by atoms with Gasteiger partial charge in [0.1, 0.15) is 11.5 Å². The molecular weight excluding hydrogens is 200 g/mol. The van der Waals surface area contributed by atoms with Gasteiger partial charge in [0.15, 0.2) is 0 Å². The van der Waals surface area contributed by atoms with Crippen molar-refractivity contribution in [1.82, 2.24) is 5.32 Å². The molecule has 1 aromatic heterocycles. The van der Waals surface area contributed by atoms with Gasteiger partial charge in [-0.1, -0.05) is 30.3 Å². The van der Waals surface area contributed by atoms with Crippen LogP contribution in [0.3, 0.4) is 0 Å². The monoisotopic (exact) mass is 216 g/mol. The second-order valence-corrected chi connectivity index (χ2v) is 3.66. The normalized spacial score (nSPS) is 10.6. The molecule has 1 heterocycles. The minimum atomic E-state index is 0.457. The Kier molecular flexibility index (Phi) is 3.75. The lowest BCUT2D eigenvalue weighted by molar-refractivity contribution is 0.448. The van der Waals surface area contributed by atoms with Crippen molar-refractivity contribution in [2.75, 3.05) is 0 Å². The number of rotatable bonds is 5. The van der Waals surface area contributed by atoms with Crippen LogP contribution in [0, 0.1) is 0 Å². The summed E-state index contributed by atoms with van der Waals surface area (Å²) in [5, 5.41) is 3.32. The highest BCUT2D eigenvalue weighted by molar-refractivity contribution is 5.14. The maximum atomic E-state index is 5.48. The van der Waals surface area contributed by atoms with Crippen LogP contribution in [-0.2, 0) is 19.6 Å². The molecule has 1 aromatic carbocycles. The molecule has 2 aromatic rings. The summed E-state index contributed by atoms with van der Waals surface area (Å²) < 4.78 is 5.48. The topological polar surface area (TPSA) is 51.2 Å². The van der Waals surface area contributed by atoms with E-state index in [2.05, 4.69) is 17.4 Å². The van der Waals surface area contributed by atoms with Gasteiger partial charge in [-0.2, -0.15) is 0 Å². The summed E-state index contributed by atoms with van der Waals surface area (Å²) in [5.41, 5.74) is 6.74. The van der Waals surface area contributed by atoms with E-state index in [1.165, 1.54) is 5.56 Å². The SMILES string of the molecule is NCc1ccc(CNCc2ccccc2)o1. The zero-order chi connectivity index (χ0) is 11.2. The number of hydrogen-bond acceptors (Lipinski definition) is 3. The van der Waals surface area contributed by atoms with Gasteiger partial charge in [0, 0.05) is 6.54 Å². The number of nitrogens with one attached hydrogen (secondary N) is 1. The van der Waals surface area contributed by atoms with Crippen molar-refractivity contribution in [2.24, 2.45) is 5.73 Å². The van der Waals surface area contributed by atoms with Crippen LogP contribution >= 0.6 is 0 Å². The van der Waals surface area contributed by atoms with E-state index in [-0.39, 0.29) is 0 Å². The van der Waals surface area contributed by atoms with Crippen molar-refractivity contribution in [1.29, 1.82) is 0 Å². The summed E-state index contributed by atoms with van der Waals surface area (Å²) in [5.74, 6) is 1.76. The van der Waals surface area contributed by atoms with Crippen molar-refractivity contribution < 1.29 is 4.42 Å². The van der Waals surface area contributed by atoms with Gasteiger partial charge < -0.3 is 15.5 Å². The Morgan fingerprint density at radius 3 is 2.38 bits per heavy atom. The van der Waals surface area contributed by atoms with Gasteiger partial charge in [0.05, 0.1) is 13.1 Å². The third kappa shape index (κ3) is 2.95. The first-order chi connectivity index (χ1) is 7.88. The van der Waals surface area contributed by atoms with Gasteiger partial charge in [-0.05, 0) is 17.7 Å². The molecule has 0 aliphatic carbocycles. The molecule has 0 fully saturated rings. The molecule has 0 saturated heterocycles. The summed E-state index contributed by atoms with van der Waals surface area (Å²) in [7, 11) is 0. The van der Waals surface area contributed by atoms with E-state index in [4.69, 9.17) is 10.2 Å². The summed E-state index contributed by atoms with van der Waals surface area (Å²) in [6.45, 7) is 2.03. The highest BCUT2D eigenvalue weighted by Crippen LogP contribution is 2.07. The Labute approximate surface area is 95.3 Å². The third-order valence-electron chi connectivity index (χ3n) is 2.39. The Hall–Kier alpha value is -1.58.